The summed E-state index contributed by atoms with van der Waals surface area (Å²) in [7, 11) is 0. The molecule has 0 bridgehead atoms. The van der Waals surface area contributed by atoms with Gasteiger partial charge in [-0.2, -0.15) is 0 Å². The predicted molar refractivity (Wildman–Crippen MR) is 92.6 cm³/mol. The molecule has 2 fully saturated rings. The Morgan fingerprint density at radius 1 is 1.17 bits per heavy atom. The summed E-state index contributed by atoms with van der Waals surface area (Å²) in [6, 6.07) is 8.37. The van der Waals surface area contributed by atoms with Crippen LogP contribution in [-0.4, -0.2) is 53.4 Å². The van der Waals surface area contributed by atoms with Gasteiger partial charge in [-0.25, -0.2) is 0 Å². The molecule has 23 heavy (non-hydrogen) atoms. The molecule has 4 rings (SSSR count). The molecular weight excluding hydrogens is 286 g/mol. The van der Waals surface area contributed by atoms with E-state index in [1.807, 2.05) is 6.07 Å². The number of likely N-dealkylation sites (N-methyl/N-ethyl adjacent to an activating group) is 1. The van der Waals surface area contributed by atoms with Crippen LogP contribution >= 0.6 is 0 Å². The first kappa shape index (κ1) is 14.8. The van der Waals surface area contributed by atoms with Gasteiger partial charge in [-0.1, -0.05) is 25.1 Å². The van der Waals surface area contributed by atoms with E-state index in [0.29, 0.717) is 5.91 Å². The maximum absolute atomic E-state index is 13.3. The lowest BCUT2D eigenvalue weighted by atomic mass is 9.91. The first-order chi connectivity index (χ1) is 11.2. The Morgan fingerprint density at radius 3 is 2.52 bits per heavy atom. The van der Waals surface area contributed by atoms with E-state index < -0.39 is 0 Å². The zero-order chi connectivity index (χ0) is 16.0. The summed E-state index contributed by atoms with van der Waals surface area (Å²) in [6.07, 6.45) is 1.98. The van der Waals surface area contributed by atoms with Crippen LogP contribution in [0.2, 0.25) is 0 Å². The predicted octanol–water partition coefficient (Wildman–Crippen LogP) is 2.67. The number of para-hydroxylation sites is 1. The summed E-state index contributed by atoms with van der Waals surface area (Å²) in [4.78, 5) is 21.2. The van der Waals surface area contributed by atoms with Crippen LogP contribution in [-0.2, 0) is 10.2 Å². The highest BCUT2D eigenvalue weighted by Crippen LogP contribution is 2.53. The van der Waals surface area contributed by atoms with Crippen molar-refractivity contribution in [2.75, 3.05) is 32.7 Å². The number of hydrogen-bond donors (Lipinski definition) is 1. The highest BCUT2D eigenvalue weighted by molar-refractivity contribution is 5.98. The molecular formula is C19H25N3O. The minimum absolute atomic E-state index is 0.266. The van der Waals surface area contributed by atoms with E-state index in [1.165, 1.54) is 10.9 Å². The number of hydrogen-bond acceptors (Lipinski definition) is 2. The van der Waals surface area contributed by atoms with Gasteiger partial charge in [0.15, 0.2) is 0 Å². The minimum Gasteiger partial charge on any atom is -0.358 e. The molecule has 0 radical (unpaired) electrons. The Bertz CT molecular complexity index is 736. The summed E-state index contributed by atoms with van der Waals surface area (Å²) >= 11 is 0. The van der Waals surface area contributed by atoms with Crippen LogP contribution < -0.4 is 0 Å². The number of carbonyl (C=O) groups is 1. The smallest absolute Gasteiger partial charge is 0.233 e. The van der Waals surface area contributed by atoms with Gasteiger partial charge in [-0.3, -0.25) is 4.79 Å². The number of H-pyrrole nitrogens is 1. The Labute approximate surface area is 137 Å². The van der Waals surface area contributed by atoms with Crippen molar-refractivity contribution in [1.29, 1.82) is 0 Å². The number of rotatable bonds is 3. The summed E-state index contributed by atoms with van der Waals surface area (Å²) in [5, 5.41) is 1.23. The SMILES string of the molecule is CCN1CCN(C(=O)C2(c3c(C)[nH]c4ccccc34)CC2)CC1. The molecule has 1 aromatic carbocycles. The van der Waals surface area contributed by atoms with Gasteiger partial charge in [0, 0.05) is 42.8 Å². The van der Waals surface area contributed by atoms with Crippen LogP contribution in [0.15, 0.2) is 24.3 Å². The molecule has 1 aromatic heterocycles. The number of nitrogens with zero attached hydrogens (tertiary/aromatic N) is 2. The monoisotopic (exact) mass is 311 g/mol. The van der Waals surface area contributed by atoms with Gasteiger partial charge in [0.1, 0.15) is 0 Å². The second-order valence-corrected chi connectivity index (χ2v) is 6.98. The van der Waals surface area contributed by atoms with E-state index in [-0.39, 0.29) is 5.41 Å². The average molecular weight is 311 g/mol. The number of amides is 1. The number of aromatic nitrogens is 1. The molecule has 1 N–H and O–H groups in total. The van der Waals surface area contributed by atoms with Crippen molar-refractivity contribution in [3.8, 4) is 0 Å². The van der Waals surface area contributed by atoms with Crippen molar-refractivity contribution in [1.82, 2.24) is 14.8 Å². The molecule has 0 atom stereocenters. The van der Waals surface area contributed by atoms with Crippen LogP contribution in [0.1, 0.15) is 31.0 Å². The first-order valence-corrected chi connectivity index (χ1v) is 8.75. The lowest BCUT2D eigenvalue weighted by molar-refractivity contribution is -0.135. The highest BCUT2D eigenvalue weighted by atomic mass is 16.2. The molecule has 1 saturated heterocycles. The fourth-order valence-corrected chi connectivity index (χ4v) is 4.16. The Kier molecular flexibility index (Phi) is 3.45. The third-order valence-electron chi connectivity index (χ3n) is 5.64. The third-order valence-corrected chi connectivity index (χ3v) is 5.64. The fourth-order valence-electron chi connectivity index (χ4n) is 4.16. The number of fused-ring (bicyclic) bond motifs is 1. The topological polar surface area (TPSA) is 39.3 Å². The van der Waals surface area contributed by atoms with Crippen molar-refractivity contribution in [2.45, 2.75) is 32.1 Å². The molecule has 2 heterocycles. The van der Waals surface area contributed by atoms with Crippen LogP contribution in [0.5, 0.6) is 0 Å². The average Bonchev–Trinajstić information content (AvgIpc) is 3.30. The van der Waals surface area contributed by atoms with Gasteiger partial charge in [-0.15, -0.1) is 0 Å². The van der Waals surface area contributed by atoms with Gasteiger partial charge in [0.05, 0.1) is 5.41 Å². The van der Waals surface area contributed by atoms with Gasteiger partial charge in [0.2, 0.25) is 5.91 Å². The zero-order valence-electron chi connectivity index (χ0n) is 14.1. The molecule has 1 aliphatic heterocycles. The van der Waals surface area contributed by atoms with Crippen LogP contribution in [0.3, 0.4) is 0 Å². The van der Waals surface area contributed by atoms with Crippen molar-refractivity contribution < 1.29 is 4.79 Å². The second kappa shape index (κ2) is 5.38. The molecule has 2 aliphatic rings. The van der Waals surface area contributed by atoms with Gasteiger partial charge in [-0.05, 0) is 37.9 Å². The van der Waals surface area contributed by atoms with Gasteiger partial charge in [0.25, 0.3) is 0 Å². The first-order valence-electron chi connectivity index (χ1n) is 8.75. The van der Waals surface area contributed by atoms with Crippen LogP contribution in [0.25, 0.3) is 10.9 Å². The van der Waals surface area contributed by atoms with E-state index in [0.717, 1.165) is 56.8 Å². The number of carbonyl (C=O) groups excluding carboxylic acids is 1. The van der Waals surface area contributed by atoms with Crippen LogP contribution in [0, 0.1) is 6.92 Å². The minimum atomic E-state index is -0.266. The number of piperazine rings is 1. The van der Waals surface area contributed by atoms with Crippen molar-refractivity contribution in [3.05, 3.63) is 35.5 Å². The molecule has 1 aliphatic carbocycles. The van der Waals surface area contributed by atoms with Crippen molar-refractivity contribution in [3.63, 3.8) is 0 Å². The Hall–Kier alpha value is -1.81. The summed E-state index contributed by atoms with van der Waals surface area (Å²) in [5.74, 6) is 0.348. The summed E-state index contributed by atoms with van der Waals surface area (Å²) < 4.78 is 0. The molecule has 1 amide bonds. The molecule has 1 saturated carbocycles. The molecule has 0 unspecified atom stereocenters. The largest absolute Gasteiger partial charge is 0.358 e. The maximum atomic E-state index is 13.3. The zero-order valence-corrected chi connectivity index (χ0v) is 14.1. The highest BCUT2D eigenvalue weighted by Gasteiger charge is 2.55. The number of benzene rings is 1. The Balaban J connectivity index is 1.65. The number of aryl methyl sites for hydroxylation is 1. The van der Waals surface area contributed by atoms with E-state index in [4.69, 9.17) is 0 Å². The standard InChI is InChI=1S/C19H25N3O/c1-3-21-10-12-22(13-11-21)18(23)19(8-9-19)17-14(2)20-16-7-5-4-6-15(16)17/h4-7,20H,3,8-13H2,1-2H3. The summed E-state index contributed by atoms with van der Waals surface area (Å²) in [5.41, 5.74) is 3.29. The van der Waals surface area contributed by atoms with E-state index in [2.05, 4.69) is 46.8 Å². The van der Waals surface area contributed by atoms with Crippen LogP contribution in [0.4, 0.5) is 0 Å². The lowest BCUT2D eigenvalue weighted by Crippen LogP contribution is -2.51. The Morgan fingerprint density at radius 2 is 1.87 bits per heavy atom. The van der Waals surface area contributed by atoms with E-state index >= 15 is 0 Å². The van der Waals surface area contributed by atoms with Gasteiger partial charge < -0.3 is 14.8 Å². The molecule has 4 nitrogen and oxygen atoms in total. The lowest BCUT2D eigenvalue weighted by Gasteiger charge is -2.36. The molecule has 122 valence electrons. The van der Waals surface area contributed by atoms with E-state index in [1.54, 1.807) is 0 Å². The molecule has 0 spiro atoms. The normalized spacial score (nSPS) is 20.9. The summed E-state index contributed by atoms with van der Waals surface area (Å²) in [6.45, 7) is 9.13. The van der Waals surface area contributed by atoms with Crippen molar-refractivity contribution in [2.24, 2.45) is 0 Å². The van der Waals surface area contributed by atoms with Crippen molar-refractivity contribution >= 4 is 16.8 Å². The van der Waals surface area contributed by atoms with Gasteiger partial charge >= 0.3 is 0 Å². The third kappa shape index (κ3) is 2.27. The number of nitrogens with one attached hydrogen (secondary N) is 1. The fraction of sp³-hybridized carbons (Fsp3) is 0.526. The maximum Gasteiger partial charge on any atom is 0.233 e. The molecule has 4 heteroatoms. The molecule has 2 aromatic rings. The number of aromatic amines is 1. The second-order valence-electron chi connectivity index (χ2n) is 6.98. The quantitative estimate of drug-likeness (QED) is 0.946. The van der Waals surface area contributed by atoms with E-state index in [9.17, 15) is 4.79 Å².